The van der Waals surface area contributed by atoms with Crippen molar-refractivity contribution >= 4 is 48.4 Å². The van der Waals surface area contributed by atoms with Crippen LogP contribution in [0.25, 0.3) is 42.5 Å². The van der Waals surface area contributed by atoms with Crippen molar-refractivity contribution in [3.05, 3.63) is 35.7 Å². The van der Waals surface area contributed by atoms with Crippen molar-refractivity contribution in [1.29, 1.82) is 0 Å². The van der Waals surface area contributed by atoms with Gasteiger partial charge >= 0.3 is 12.2 Å². The molecule has 0 radical (unpaired) electrons. The lowest BCUT2D eigenvalue weighted by molar-refractivity contribution is -0.137. The summed E-state index contributed by atoms with van der Waals surface area (Å²) >= 11 is 1.29. The van der Waals surface area contributed by atoms with Crippen LogP contribution in [-0.4, -0.2) is 75.8 Å². The number of alkyl halides is 4. The van der Waals surface area contributed by atoms with Crippen LogP contribution in [0.15, 0.2) is 24.5 Å². The summed E-state index contributed by atoms with van der Waals surface area (Å²) < 4.78 is 70.0. The Balaban J connectivity index is 1.22. The molecule has 4 saturated heterocycles. The molecule has 14 heteroatoms. The number of aromatic nitrogens is 5. The molecule has 1 aliphatic carbocycles. The number of piperazine rings is 1. The third-order valence-corrected chi connectivity index (χ3v) is 11.1. The Morgan fingerprint density at radius 1 is 1.16 bits per heavy atom. The third-order valence-electron chi connectivity index (χ3n) is 10.0. The van der Waals surface area contributed by atoms with Crippen molar-refractivity contribution in [1.82, 2.24) is 30.5 Å². The van der Waals surface area contributed by atoms with Crippen molar-refractivity contribution in [3.63, 3.8) is 0 Å². The largest absolute Gasteiger partial charge is 0.463 e. The normalized spacial score (nSPS) is 27.6. The molecular weight excluding hydrogens is 610 g/mol. The second kappa shape index (κ2) is 9.46. The Bertz CT molecular complexity index is 1990. The highest BCUT2D eigenvalue weighted by molar-refractivity contribution is 7.26. The van der Waals surface area contributed by atoms with Crippen molar-refractivity contribution in [3.8, 4) is 17.3 Å². The molecule has 45 heavy (non-hydrogen) atoms. The van der Waals surface area contributed by atoms with Crippen LogP contribution in [0, 0.1) is 12.3 Å². The number of halogens is 4. The molecule has 4 bridgehead atoms. The maximum absolute atomic E-state index is 14.6. The van der Waals surface area contributed by atoms with Gasteiger partial charge in [0.15, 0.2) is 0 Å². The molecule has 9 nitrogen and oxygen atoms in total. The van der Waals surface area contributed by atoms with Crippen molar-refractivity contribution in [2.45, 2.75) is 56.5 Å². The molecule has 5 aliphatic rings. The summed E-state index contributed by atoms with van der Waals surface area (Å²) in [5.74, 6) is 0.706. The highest BCUT2D eigenvalue weighted by Crippen LogP contribution is 2.58. The van der Waals surface area contributed by atoms with E-state index in [1.54, 1.807) is 6.20 Å². The van der Waals surface area contributed by atoms with E-state index in [2.05, 4.69) is 25.4 Å². The van der Waals surface area contributed by atoms with Gasteiger partial charge in [-0.25, -0.2) is 4.39 Å². The van der Waals surface area contributed by atoms with E-state index in [0.29, 0.717) is 64.4 Å². The van der Waals surface area contributed by atoms with E-state index in [1.807, 2.05) is 6.07 Å². The van der Waals surface area contributed by atoms with Gasteiger partial charge in [0.05, 0.1) is 51.9 Å². The maximum atomic E-state index is 14.6. The quantitative estimate of drug-likeness (QED) is 0.220. The van der Waals surface area contributed by atoms with E-state index in [1.165, 1.54) is 30.5 Å². The lowest BCUT2D eigenvalue weighted by atomic mass is 9.63. The number of benzene rings is 1. The number of anilines is 1. The van der Waals surface area contributed by atoms with Gasteiger partial charge in [-0.1, -0.05) is 0 Å². The van der Waals surface area contributed by atoms with Gasteiger partial charge in [0.1, 0.15) is 17.3 Å². The fourth-order valence-electron chi connectivity index (χ4n) is 8.16. The smallest absolute Gasteiger partial charge is 0.417 e. The average molecular weight is 640 g/mol. The summed E-state index contributed by atoms with van der Waals surface area (Å²) in [7, 11) is 0. The number of nitrogens with one attached hydrogen (secondary N) is 2. The standard InChI is InChI=1S/C31H29F4N7O2S/c1-15-6-20-19(7-37-41-20)21(23(15)31(33,34)35)24-25-18(4-5-36-24)22-26(42-8-16-2-3-17(9-42)38-16)39-28(40-27(22)45-25)43-13-29-10-30(11-29,12-32)44-14-29/h4-7,16-17,38H,2-3,8-14H2,1H3,(H,37,41). The first-order valence-electron chi connectivity index (χ1n) is 15.1. The van der Waals surface area contributed by atoms with Gasteiger partial charge in [-0.2, -0.15) is 28.2 Å². The Hall–Kier alpha value is -3.62. The molecule has 5 fully saturated rings. The molecular formula is C31H29F4N7O2S. The SMILES string of the molecule is Cc1cc2[nH]ncc2c(-c2nccc3c2sc2nc(OCC45COC(CF)(C4)C5)nc(N4CC5CCC(C4)N5)c23)c1C(F)(F)F. The number of aryl methyl sites for hydroxylation is 1. The summed E-state index contributed by atoms with van der Waals surface area (Å²) in [5, 5.41) is 12.4. The summed E-state index contributed by atoms with van der Waals surface area (Å²) in [4.78, 5) is 17.2. The van der Waals surface area contributed by atoms with Crippen molar-refractivity contribution in [2.75, 3.05) is 37.9 Å². The second-order valence-corrected chi connectivity index (χ2v) is 14.2. The van der Waals surface area contributed by atoms with Crippen LogP contribution in [0.5, 0.6) is 6.01 Å². The van der Waals surface area contributed by atoms with Crippen LogP contribution in [0.1, 0.15) is 36.8 Å². The van der Waals surface area contributed by atoms with Gasteiger partial charge in [-0.15, -0.1) is 11.3 Å². The first kappa shape index (κ1) is 27.7. The molecule has 1 saturated carbocycles. The molecule has 1 aromatic carbocycles. The monoisotopic (exact) mass is 639 g/mol. The molecule has 2 N–H and O–H groups in total. The lowest BCUT2D eigenvalue weighted by Gasteiger charge is -2.42. The minimum absolute atomic E-state index is 0.00345. The number of aromatic amines is 1. The molecule has 234 valence electrons. The minimum Gasteiger partial charge on any atom is -0.463 e. The first-order chi connectivity index (χ1) is 21.6. The topological polar surface area (TPSA) is 101 Å². The molecule has 10 rings (SSSR count). The molecule has 5 aromatic rings. The van der Waals surface area contributed by atoms with E-state index in [-0.39, 0.29) is 28.2 Å². The molecule has 8 heterocycles. The van der Waals surface area contributed by atoms with Crippen LogP contribution in [0.2, 0.25) is 0 Å². The van der Waals surface area contributed by atoms with Gasteiger partial charge in [0, 0.05) is 53.1 Å². The number of H-pyrrole nitrogens is 1. The van der Waals surface area contributed by atoms with E-state index in [4.69, 9.17) is 19.4 Å². The van der Waals surface area contributed by atoms with Crippen molar-refractivity contribution < 1.29 is 27.0 Å². The van der Waals surface area contributed by atoms with E-state index in [0.717, 1.165) is 36.7 Å². The predicted molar refractivity (Wildman–Crippen MR) is 162 cm³/mol. The Labute approximate surface area is 258 Å². The molecule has 2 unspecified atom stereocenters. The van der Waals surface area contributed by atoms with Crippen LogP contribution >= 0.6 is 11.3 Å². The highest BCUT2D eigenvalue weighted by atomic mass is 32.1. The zero-order chi connectivity index (χ0) is 30.7. The summed E-state index contributed by atoms with van der Waals surface area (Å²) in [6.45, 7) is 3.19. The molecule has 0 amide bonds. The van der Waals surface area contributed by atoms with Gasteiger partial charge in [-0.3, -0.25) is 10.1 Å². The fraction of sp³-hybridized carbons (Fsp3) is 0.484. The number of pyridine rings is 1. The van der Waals surface area contributed by atoms with Crippen molar-refractivity contribution in [2.24, 2.45) is 5.41 Å². The first-order valence-corrected chi connectivity index (χ1v) is 15.9. The lowest BCUT2D eigenvalue weighted by Crippen LogP contribution is -2.51. The van der Waals surface area contributed by atoms with Gasteiger partial charge < -0.3 is 19.7 Å². The van der Waals surface area contributed by atoms with Crippen LogP contribution < -0.4 is 15.0 Å². The number of hydrogen-bond donors (Lipinski definition) is 2. The maximum Gasteiger partial charge on any atom is 0.417 e. The number of ether oxygens (including phenoxy) is 2. The predicted octanol–water partition coefficient (Wildman–Crippen LogP) is 5.95. The number of nitrogens with zero attached hydrogens (tertiary/aromatic N) is 5. The zero-order valence-electron chi connectivity index (χ0n) is 24.3. The Morgan fingerprint density at radius 3 is 2.69 bits per heavy atom. The number of rotatable bonds is 6. The van der Waals surface area contributed by atoms with E-state index in [9.17, 15) is 17.6 Å². The van der Waals surface area contributed by atoms with Crippen LogP contribution in [0.3, 0.4) is 0 Å². The molecule has 0 spiro atoms. The summed E-state index contributed by atoms with van der Waals surface area (Å²) in [6, 6.07) is 4.16. The summed E-state index contributed by atoms with van der Waals surface area (Å²) in [6.07, 6.45) is 1.72. The van der Waals surface area contributed by atoms with Gasteiger partial charge in [0.2, 0.25) is 0 Å². The second-order valence-electron chi connectivity index (χ2n) is 13.2. The summed E-state index contributed by atoms with van der Waals surface area (Å²) in [5.41, 5.74) is -0.853. The zero-order valence-corrected chi connectivity index (χ0v) is 25.1. The fourth-order valence-corrected chi connectivity index (χ4v) is 9.31. The van der Waals surface area contributed by atoms with Gasteiger partial charge in [0.25, 0.3) is 0 Å². The van der Waals surface area contributed by atoms with Crippen LogP contribution in [0.4, 0.5) is 23.4 Å². The van der Waals surface area contributed by atoms with E-state index < -0.39 is 24.0 Å². The van der Waals surface area contributed by atoms with Gasteiger partial charge in [-0.05, 0) is 50.3 Å². The Morgan fingerprint density at radius 2 is 1.96 bits per heavy atom. The Kier molecular flexibility index (Phi) is 5.81. The average Bonchev–Trinajstić information content (AvgIpc) is 3.81. The van der Waals surface area contributed by atoms with Crippen LogP contribution in [-0.2, 0) is 10.9 Å². The van der Waals surface area contributed by atoms with E-state index >= 15 is 0 Å². The molecule has 4 aliphatic heterocycles. The molecule has 4 aromatic heterocycles. The number of hydrogen-bond acceptors (Lipinski definition) is 9. The number of fused-ring (bicyclic) bond motifs is 7. The number of thiophene rings is 1. The third kappa shape index (κ3) is 4.17. The highest BCUT2D eigenvalue weighted by Gasteiger charge is 2.63. The minimum atomic E-state index is -4.61. The molecule has 2 atom stereocenters.